The number of para-hydroxylation sites is 1. The monoisotopic (exact) mass is 333 g/mol. The van der Waals surface area contributed by atoms with E-state index in [-0.39, 0.29) is 5.54 Å². The first-order valence-electron chi connectivity index (χ1n) is 7.67. The van der Waals surface area contributed by atoms with Crippen LogP contribution in [0, 0.1) is 0 Å². The molecule has 23 heavy (non-hydrogen) atoms. The van der Waals surface area contributed by atoms with E-state index in [9.17, 15) is 0 Å². The maximum absolute atomic E-state index is 6.04. The second-order valence-corrected chi connectivity index (χ2v) is 6.91. The number of hydrogen-bond acceptors (Lipinski definition) is 3. The Bertz CT molecular complexity index is 650. The van der Waals surface area contributed by atoms with E-state index in [1.165, 1.54) is 0 Å². The first-order valence-corrected chi connectivity index (χ1v) is 8.05. The van der Waals surface area contributed by atoms with Gasteiger partial charge in [-0.15, -0.1) is 0 Å². The van der Waals surface area contributed by atoms with Crippen molar-refractivity contribution in [2.75, 3.05) is 7.11 Å². The van der Waals surface area contributed by atoms with E-state index >= 15 is 0 Å². The molecular weight excluding hydrogens is 310 g/mol. The van der Waals surface area contributed by atoms with Crippen LogP contribution >= 0.6 is 11.6 Å². The lowest BCUT2D eigenvalue weighted by atomic mass is 10.1. The number of ether oxygens (including phenoxy) is 2. The third kappa shape index (κ3) is 5.45. The van der Waals surface area contributed by atoms with E-state index in [4.69, 9.17) is 21.1 Å². The van der Waals surface area contributed by atoms with Crippen molar-refractivity contribution in [1.29, 1.82) is 0 Å². The van der Waals surface area contributed by atoms with Crippen LogP contribution in [-0.2, 0) is 13.2 Å². The van der Waals surface area contributed by atoms with Crippen molar-refractivity contribution >= 4 is 11.6 Å². The van der Waals surface area contributed by atoms with Gasteiger partial charge in [0.25, 0.3) is 0 Å². The Morgan fingerprint density at radius 2 is 1.83 bits per heavy atom. The molecule has 0 aliphatic rings. The molecule has 0 fully saturated rings. The standard InChI is InChI=1S/C19H24ClNO2/c1-19(2,3)21-12-15-8-6-10-17(22-4)18(15)23-13-14-7-5-9-16(20)11-14/h5-11,21H,12-13H2,1-4H3. The second kappa shape index (κ2) is 7.71. The highest BCUT2D eigenvalue weighted by Crippen LogP contribution is 2.32. The summed E-state index contributed by atoms with van der Waals surface area (Å²) in [5, 5.41) is 4.19. The fourth-order valence-corrected chi connectivity index (χ4v) is 2.38. The van der Waals surface area contributed by atoms with Crippen LogP contribution in [-0.4, -0.2) is 12.6 Å². The Morgan fingerprint density at radius 1 is 1.09 bits per heavy atom. The Hall–Kier alpha value is -1.71. The molecule has 0 aliphatic heterocycles. The minimum absolute atomic E-state index is 0.0350. The lowest BCUT2D eigenvalue weighted by molar-refractivity contribution is 0.279. The first-order chi connectivity index (χ1) is 10.9. The normalized spacial score (nSPS) is 11.3. The van der Waals surface area contributed by atoms with Gasteiger partial charge in [-0.05, 0) is 44.5 Å². The van der Waals surface area contributed by atoms with Crippen molar-refractivity contribution in [3.05, 3.63) is 58.6 Å². The average molecular weight is 334 g/mol. The van der Waals surface area contributed by atoms with Crippen LogP contribution < -0.4 is 14.8 Å². The Morgan fingerprint density at radius 3 is 2.48 bits per heavy atom. The third-order valence-electron chi connectivity index (χ3n) is 3.36. The molecular formula is C19H24ClNO2. The van der Waals surface area contributed by atoms with E-state index < -0.39 is 0 Å². The number of benzene rings is 2. The van der Waals surface area contributed by atoms with Gasteiger partial charge in [0.05, 0.1) is 7.11 Å². The average Bonchev–Trinajstić information content (AvgIpc) is 2.50. The highest BCUT2D eigenvalue weighted by Gasteiger charge is 2.14. The minimum atomic E-state index is 0.0350. The molecule has 0 saturated carbocycles. The zero-order chi connectivity index (χ0) is 16.9. The fourth-order valence-electron chi connectivity index (χ4n) is 2.17. The van der Waals surface area contributed by atoms with Crippen molar-refractivity contribution in [2.24, 2.45) is 0 Å². The number of nitrogens with one attached hydrogen (secondary N) is 1. The molecule has 0 amide bonds. The Kier molecular flexibility index (Phi) is 5.91. The molecule has 0 saturated heterocycles. The predicted octanol–water partition coefficient (Wildman–Crippen LogP) is 4.82. The molecule has 3 nitrogen and oxygen atoms in total. The quantitative estimate of drug-likeness (QED) is 0.822. The molecule has 0 radical (unpaired) electrons. The molecule has 4 heteroatoms. The molecule has 0 aromatic heterocycles. The van der Waals surface area contributed by atoms with Gasteiger partial charge < -0.3 is 14.8 Å². The maximum atomic E-state index is 6.04. The summed E-state index contributed by atoms with van der Waals surface area (Å²) in [4.78, 5) is 0. The largest absolute Gasteiger partial charge is 0.493 e. The third-order valence-corrected chi connectivity index (χ3v) is 3.60. The molecule has 124 valence electrons. The number of rotatable bonds is 6. The number of hydrogen-bond donors (Lipinski definition) is 1. The van der Waals surface area contributed by atoms with E-state index in [1.807, 2.05) is 36.4 Å². The number of methoxy groups -OCH3 is 1. The number of halogens is 1. The van der Waals surface area contributed by atoms with Gasteiger partial charge in [-0.1, -0.05) is 35.9 Å². The van der Waals surface area contributed by atoms with Gasteiger partial charge in [-0.3, -0.25) is 0 Å². The van der Waals surface area contributed by atoms with E-state index in [2.05, 4.69) is 32.2 Å². The van der Waals surface area contributed by atoms with Crippen molar-refractivity contribution in [1.82, 2.24) is 5.32 Å². The van der Waals surface area contributed by atoms with Crippen molar-refractivity contribution < 1.29 is 9.47 Å². The summed E-state index contributed by atoms with van der Waals surface area (Å²) in [7, 11) is 1.66. The van der Waals surface area contributed by atoms with Gasteiger partial charge in [0.2, 0.25) is 0 Å². The maximum Gasteiger partial charge on any atom is 0.166 e. The molecule has 0 heterocycles. The van der Waals surface area contributed by atoms with E-state index in [0.717, 1.165) is 22.6 Å². The summed E-state index contributed by atoms with van der Waals surface area (Å²) in [6.45, 7) is 7.58. The molecule has 0 unspecified atom stereocenters. The molecule has 2 aromatic carbocycles. The molecule has 1 N–H and O–H groups in total. The molecule has 0 atom stereocenters. The summed E-state index contributed by atoms with van der Waals surface area (Å²) >= 11 is 6.03. The second-order valence-electron chi connectivity index (χ2n) is 6.47. The van der Waals surface area contributed by atoms with Gasteiger partial charge >= 0.3 is 0 Å². The van der Waals surface area contributed by atoms with Crippen LogP contribution in [0.25, 0.3) is 0 Å². The zero-order valence-electron chi connectivity index (χ0n) is 14.2. The summed E-state index contributed by atoms with van der Waals surface area (Å²) < 4.78 is 11.5. The predicted molar refractivity (Wildman–Crippen MR) is 95.4 cm³/mol. The van der Waals surface area contributed by atoms with Crippen molar-refractivity contribution in [2.45, 2.75) is 39.5 Å². The smallest absolute Gasteiger partial charge is 0.166 e. The summed E-state index contributed by atoms with van der Waals surface area (Å²) in [5.74, 6) is 1.51. The molecule has 0 spiro atoms. The first kappa shape index (κ1) is 17.6. The van der Waals surface area contributed by atoms with Gasteiger partial charge in [0.15, 0.2) is 11.5 Å². The highest BCUT2D eigenvalue weighted by molar-refractivity contribution is 6.30. The van der Waals surface area contributed by atoms with Gasteiger partial charge in [-0.25, -0.2) is 0 Å². The summed E-state index contributed by atoms with van der Waals surface area (Å²) in [5.41, 5.74) is 2.13. The van der Waals surface area contributed by atoms with Crippen molar-refractivity contribution in [3.63, 3.8) is 0 Å². The molecule has 0 aliphatic carbocycles. The van der Waals surface area contributed by atoms with Crippen LogP contribution in [0.15, 0.2) is 42.5 Å². The van der Waals surface area contributed by atoms with Gasteiger partial charge in [-0.2, -0.15) is 0 Å². The lowest BCUT2D eigenvalue weighted by Crippen LogP contribution is -2.35. The van der Waals surface area contributed by atoms with Crippen LogP contribution in [0.4, 0.5) is 0 Å². The van der Waals surface area contributed by atoms with E-state index in [0.29, 0.717) is 18.2 Å². The van der Waals surface area contributed by atoms with Crippen LogP contribution in [0.2, 0.25) is 5.02 Å². The Labute approximate surface area is 143 Å². The lowest BCUT2D eigenvalue weighted by Gasteiger charge is -2.22. The SMILES string of the molecule is COc1cccc(CNC(C)(C)C)c1OCc1cccc(Cl)c1. The molecule has 2 rings (SSSR count). The molecule has 2 aromatic rings. The summed E-state index contributed by atoms with van der Waals surface area (Å²) in [6.07, 6.45) is 0. The fraction of sp³-hybridized carbons (Fsp3) is 0.368. The highest BCUT2D eigenvalue weighted by atomic mass is 35.5. The van der Waals surface area contributed by atoms with Crippen LogP contribution in [0.5, 0.6) is 11.5 Å². The van der Waals surface area contributed by atoms with E-state index in [1.54, 1.807) is 7.11 Å². The minimum Gasteiger partial charge on any atom is -0.493 e. The van der Waals surface area contributed by atoms with Crippen LogP contribution in [0.3, 0.4) is 0 Å². The Balaban J connectivity index is 2.17. The topological polar surface area (TPSA) is 30.5 Å². The zero-order valence-corrected chi connectivity index (χ0v) is 14.9. The summed E-state index contributed by atoms with van der Waals surface area (Å²) in [6, 6.07) is 13.6. The molecule has 0 bridgehead atoms. The van der Waals surface area contributed by atoms with Gasteiger partial charge in [0.1, 0.15) is 6.61 Å². The van der Waals surface area contributed by atoms with Gasteiger partial charge in [0, 0.05) is 22.7 Å². The van der Waals surface area contributed by atoms with Crippen LogP contribution in [0.1, 0.15) is 31.9 Å². The van der Waals surface area contributed by atoms with Crippen molar-refractivity contribution in [3.8, 4) is 11.5 Å².